The molecule has 0 aliphatic heterocycles. The lowest BCUT2D eigenvalue weighted by molar-refractivity contribution is -0.138. The topological polar surface area (TPSA) is 121 Å². The predicted molar refractivity (Wildman–Crippen MR) is 74.6 cm³/mol. The largest absolute Gasteiger partial charge is 0.481 e. The molecule has 1 unspecified atom stereocenters. The van der Waals surface area contributed by atoms with E-state index >= 15 is 0 Å². The van der Waals surface area contributed by atoms with Crippen molar-refractivity contribution in [2.24, 2.45) is 0 Å². The van der Waals surface area contributed by atoms with Crippen LogP contribution in [0.2, 0.25) is 0 Å². The van der Waals surface area contributed by atoms with E-state index in [1.165, 1.54) is 6.33 Å². The molecule has 1 atom stereocenters. The van der Waals surface area contributed by atoms with Crippen LogP contribution in [0.4, 0.5) is 11.5 Å². The fraction of sp³-hybridized carbons (Fsp3) is 0.154. The number of nitrogens with zero attached hydrogens (tertiary/aromatic N) is 1. The fourth-order valence-electron chi connectivity index (χ4n) is 1.78. The molecule has 7 nitrogen and oxygen atoms in total. The third-order valence-corrected chi connectivity index (χ3v) is 2.86. The van der Waals surface area contributed by atoms with Gasteiger partial charge in [0.15, 0.2) is 5.82 Å². The molecule has 1 aromatic carbocycles. The number of aliphatic carboxylic acids is 1. The molecule has 0 fully saturated rings. The average Bonchev–Trinajstić information content (AvgIpc) is 2.44. The summed E-state index contributed by atoms with van der Waals surface area (Å²) in [6, 6.07) is 8.81. The standard InChI is InChI=1S/C13H14N4O3/c14-10-11(16-7-17-12(10)18)15-6-9(13(19)20)8-4-2-1-3-5-8/h1-5,7,9H,6,14H2,(H,19,20)(H2,15,16,17,18). The van der Waals surface area contributed by atoms with E-state index in [0.29, 0.717) is 5.56 Å². The van der Waals surface area contributed by atoms with Crippen molar-refractivity contribution in [2.75, 3.05) is 17.6 Å². The Morgan fingerprint density at radius 1 is 1.40 bits per heavy atom. The van der Waals surface area contributed by atoms with Gasteiger partial charge in [-0.25, -0.2) is 4.98 Å². The van der Waals surface area contributed by atoms with Crippen LogP contribution in [0.1, 0.15) is 11.5 Å². The molecule has 7 heteroatoms. The van der Waals surface area contributed by atoms with Gasteiger partial charge in [-0.05, 0) is 5.56 Å². The summed E-state index contributed by atoms with van der Waals surface area (Å²) in [5.74, 6) is -1.54. The van der Waals surface area contributed by atoms with Crippen molar-refractivity contribution in [2.45, 2.75) is 5.92 Å². The Labute approximate surface area is 114 Å². The molecule has 2 aromatic rings. The molecule has 5 N–H and O–H groups in total. The van der Waals surface area contributed by atoms with Gasteiger partial charge in [-0.15, -0.1) is 0 Å². The maximum atomic E-state index is 11.3. The van der Waals surface area contributed by atoms with Gasteiger partial charge in [0.25, 0.3) is 5.56 Å². The fourth-order valence-corrected chi connectivity index (χ4v) is 1.78. The van der Waals surface area contributed by atoms with Gasteiger partial charge in [-0.1, -0.05) is 30.3 Å². The number of carboxylic acid groups (broad SMARTS) is 1. The van der Waals surface area contributed by atoms with Crippen molar-refractivity contribution < 1.29 is 9.90 Å². The van der Waals surface area contributed by atoms with E-state index in [0.717, 1.165) is 0 Å². The zero-order valence-electron chi connectivity index (χ0n) is 10.5. The van der Waals surface area contributed by atoms with Crippen molar-refractivity contribution in [3.05, 3.63) is 52.6 Å². The molecule has 0 spiro atoms. The Hall–Kier alpha value is -2.83. The lowest BCUT2D eigenvalue weighted by Gasteiger charge is -2.14. The number of nitrogens with two attached hydrogens (primary N) is 1. The van der Waals surface area contributed by atoms with E-state index in [9.17, 15) is 14.7 Å². The first-order valence-corrected chi connectivity index (χ1v) is 5.94. The minimum absolute atomic E-state index is 0.0651. The quantitative estimate of drug-likeness (QED) is 0.634. The molecule has 1 aromatic heterocycles. The third kappa shape index (κ3) is 2.94. The van der Waals surface area contributed by atoms with Crippen LogP contribution < -0.4 is 16.6 Å². The predicted octanol–water partition coefficient (Wildman–Crippen LogP) is 0.632. The third-order valence-electron chi connectivity index (χ3n) is 2.86. The smallest absolute Gasteiger partial charge is 0.312 e. The van der Waals surface area contributed by atoms with Crippen LogP contribution in [0, 0.1) is 0 Å². The zero-order valence-corrected chi connectivity index (χ0v) is 10.5. The Morgan fingerprint density at radius 2 is 2.10 bits per heavy atom. The minimum atomic E-state index is -0.966. The molecular formula is C13H14N4O3. The maximum absolute atomic E-state index is 11.3. The number of carboxylic acids is 1. The highest BCUT2D eigenvalue weighted by atomic mass is 16.4. The van der Waals surface area contributed by atoms with Crippen molar-refractivity contribution in [1.29, 1.82) is 0 Å². The van der Waals surface area contributed by atoms with Crippen LogP contribution in [-0.2, 0) is 4.79 Å². The van der Waals surface area contributed by atoms with Gasteiger partial charge in [-0.3, -0.25) is 9.59 Å². The highest BCUT2D eigenvalue weighted by Gasteiger charge is 2.20. The molecule has 0 radical (unpaired) electrons. The molecule has 0 saturated carbocycles. The Kier molecular flexibility index (Phi) is 3.99. The highest BCUT2D eigenvalue weighted by Crippen LogP contribution is 2.17. The molecule has 20 heavy (non-hydrogen) atoms. The van der Waals surface area contributed by atoms with Gasteiger partial charge in [0.1, 0.15) is 5.69 Å². The van der Waals surface area contributed by atoms with Crippen molar-refractivity contribution in [1.82, 2.24) is 9.97 Å². The van der Waals surface area contributed by atoms with Crippen LogP contribution >= 0.6 is 0 Å². The summed E-state index contributed by atoms with van der Waals surface area (Å²) in [6.07, 6.45) is 1.21. The molecule has 0 aliphatic carbocycles. The number of aromatic nitrogens is 2. The minimum Gasteiger partial charge on any atom is -0.481 e. The van der Waals surface area contributed by atoms with Gasteiger partial charge in [0, 0.05) is 6.54 Å². The number of hydrogen-bond acceptors (Lipinski definition) is 5. The second-order valence-corrected chi connectivity index (χ2v) is 4.18. The number of hydrogen-bond donors (Lipinski definition) is 4. The number of anilines is 2. The van der Waals surface area contributed by atoms with E-state index < -0.39 is 17.4 Å². The maximum Gasteiger partial charge on any atom is 0.312 e. The average molecular weight is 274 g/mol. The van der Waals surface area contributed by atoms with Gasteiger partial charge >= 0.3 is 5.97 Å². The number of rotatable bonds is 5. The summed E-state index contributed by atoms with van der Waals surface area (Å²) >= 11 is 0. The molecule has 0 aliphatic rings. The number of H-pyrrole nitrogens is 1. The second-order valence-electron chi connectivity index (χ2n) is 4.18. The zero-order chi connectivity index (χ0) is 14.5. The monoisotopic (exact) mass is 274 g/mol. The number of carbonyl (C=O) groups is 1. The molecule has 104 valence electrons. The summed E-state index contributed by atoms with van der Waals surface area (Å²) < 4.78 is 0. The van der Waals surface area contributed by atoms with Crippen molar-refractivity contribution >= 4 is 17.5 Å². The van der Waals surface area contributed by atoms with Gasteiger partial charge in [0.05, 0.1) is 12.2 Å². The van der Waals surface area contributed by atoms with E-state index in [1.54, 1.807) is 24.3 Å². The molecular weight excluding hydrogens is 260 g/mol. The summed E-state index contributed by atoms with van der Waals surface area (Å²) in [5.41, 5.74) is 5.70. The molecule has 0 saturated heterocycles. The summed E-state index contributed by atoms with van der Waals surface area (Å²) in [5, 5.41) is 12.1. The first-order valence-electron chi connectivity index (χ1n) is 5.94. The Bertz CT molecular complexity index is 654. The number of aromatic amines is 1. The molecule has 1 heterocycles. The van der Waals surface area contributed by atoms with Gasteiger partial charge in [-0.2, -0.15) is 0 Å². The van der Waals surface area contributed by atoms with E-state index in [2.05, 4.69) is 15.3 Å². The van der Waals surface area contributed by atoms with E-state index in [4.69, 9.17) is 5.73 Å². The molecule has 2 rings (SSSR count). The van der Waals surface area contributed by atoms with Crippen molar-refractivity contribution in [3.63, 3.8) is 0 Å². The van der Waals surface area contributed by atoms with E-state index in [1.807, 2.05) is 6.07 Å². The SMILES string of the molecule is Nc1c(NCC(C(=O)O)c2ccccc2)nc[nH]c1=O. The second kappa shape index (κ2) is 5.87. The Balaban J connectivity index is 2.16. The number of benzene rings is 1. The summed E-state index contributed by atoms with van der Waals surface area (Å²) in [6.45, 7) is 0.0833. The first kappa shape index (κ1) is 13.6. The van der Waals surface area contributed by atoms with E-state index in [-0.39, 0.29) is 18.1 Å². The lowest BCUT2D eigenvalue weighted by Crippen LogP contribution is -2.23. The van der Waals surface area contributed by atoms with Crippen LogP contribution in [0.3, 0.4) is 0 Å². The normalized spacial score (nSPS) is 11.8. The van der Waals surface area contributed by atoms with Gasteiger partial charge in [0.2, 0.25) is 0 Å². The van der Waals surface area contributed by atoms with Gasteiger partial charge < -0.3 is 21.1 Å². The van der Waals surface area contributed by atoms with Crippen LogP contribution in [-0.4, -0.2) is 27.6 Å². The van der Waals surface area contributed by atoms with Crippen LogP contribution in [0.25, 0.3) is 0 Å². The Morgan fingerprint density at radius 3 is 2.75 bits per heavy atom. The number of nitrogens with one attached hydrogen (secondary N) is 2. The highest BCUT2D eigenvalue weighted by molar-refractivity contribution is 5.77. The summed E-state index contributed by atoms with van der Waals surface area (Å²) in [7, 11) is 0. The van der Waals surface area contributed by atoms with Crippen molar-refractivity contribution in [3.8, 4) is 0 Å². The first-order chi connectivity index (χ1) is 9.59. The van der Waals surface area contributed by atoms with Crippen LogP contribution in [0.15, 0.2) is 41.5 Å². The number of nitrogen functional groups attached to an aromatic ring is 1. The summed E-state index contributed by atoms with van der Waals surface area (Å²) in [4.78, 5) is 28.8. The molecule has 0 amide bonds. The molecule has 0 bridgehead atoms. The van der Waals surface area contributed by atoms with Crippen LogP contribution in [0.5, 0.6) is 0 Å². The lowest BCUT2D eigenvalue weighted by atomic mass is 9.99.